The Morgan fingerprint density at radius 1 is 0.278 bits per heavy atom. The normalized spacial score (nSPS) is 11.3. The molecule has 0 fully saturated rings. The van der Waals surface area contributed by atoms with Gasteiger partial charge in [0.1, 0.15) is 0 Å². The van der Waals surface area contributed by atoms with Crippen LogP contribution in [0, 0.1) is 0 Å². The van der Waals surface area contributed by atoms with Gasteiger partial charge in [-0.25, -0.2) is 15.0 Å². The van der Waals surface area contributed by atoms with Crippen LogP contribution in [-0.4, -0.2) is 15.0 Å². The second-order valence-electron chi connectivity index (χ2n) is 13.6. The van der Waals surface area contributed by atoms with Crippen LogP contribution in [0.4, 0.5) is 0 Å². The summed E-state index contributed by atoms with van der Waals surface area (Å²) in [6, 6.07) is 70.3. The van der Waals surface area contributed by atoms with Gasteiger partial charge in [-0.3, -0.25) is 0 Å². The van der Waals surface area contributed by atoms with Crippen molar-refractivity contribution in [3.8, 4) is 67.4 Å². The molecule has 0 radical (unpaired) electrons. The molecule has 10 aromatic rings. The van der Waals surface area contributed by atoms with E-state index in [1.807, 2.05) is 24.3 Å². The van der Waals surface area contributed by atoms with Crippen LogP contribution in [0.1, 0.15) is 0 Å². The van der Waals surface area contributed by atoms with Crippen LogP contribution >= 0.6 is 0 Å². The van der Waals surface area contributed by atoms with Crippen molar-refractivity contribution in [1.82, 2.24) is 15.0 Å². The van der Waals surface area contributed by atoms with Crippen molar-refractivity contribution in [2.24, 2.45) is 0 Å². The van der Waals surface area contributed by atoms with Crippen LogP contribution in [0.2, 0.25) is 0 Å². The second kappa shape index (κ2) is 13.4. The lowest BCUT2D eigenvalue weighted by molar-refractivity contribution is 1.18. The van der Waals surface area contributed by atoms with E-state index in [1.54, 1.807) is 0 Å². The van der Waals surface area contributed by atoms with E-state index in [9.17, 15) is 0 Å². The first-order valence-electron chi connectivity index (χ1n) is 18.3. The zero-order valence-corrected chi connectivity index (χ0v) is 29.4. The predicted molar refractivity (Wildman–Crippen MR) is 225 cm³/mol. The summed E-state index contributed by atoms with van der Waals surface area (Å²) in [4.78, 5) is 15.3. The van der Waals surface area contributed by atoms with E-state index in [0.29, 0.717) is 5.82 Å². The number of aromatic nitrogens is 3. The number of hydrogen-bond acceptors (Lipinski definition) is 3. The van der Waals surface area contributed by atoms with E-state index in [4.69, 9.17) is 15.0 Å². The first-order chi connectivity index (χ1) is 26.7. The number of pyridine rings is 1. The highest BCUT2D eigenvalue weighted by Crippen LogP contribution is 2.38. The molecule has 2 heterocycles. The topological polar surface area (TPSA) is 38.7 Å². The molecule has 54 heavy (non-hydrogen) atoms. The molecule has 0 saturated heterocycles. The van der Waals surface area contributed by atoms with Crippen molar-refractivity contribution in [2.45, 2.75) is 0 Å². The van der Waals surface area contributed by atoms with Gasteiger partial charge in [0.15, 0.2) is 5.82 Å². The van der Waals surface area contributed by atoms with E-state index in [1.165, 1.54) is 27.1 Å². The predicted octanol–water partition coefficient (Wildman–Crippen LogP) is 13.3. The van der Waals surface area contributed by atoms with Gasteiger partial charge in [0, 0.05) is 38.4 Å². The zero-order chi connectivity index (χ0) is 35.8. The van der Waals surface area contributed by atoms with E-state index in [0.717, 1.165) is 66.9 Å². The van der Waals surface area contributed by atoms with Crippen molar-refractivity contribution in [1.29, 1.82) is 0 Å². The van der Waals surface area contributed by atoms with Gasteiger partial charge in [-0.1, -0.05) is 188 Å². The average molecular weight is 688 g/mol. The fourth-order valence-electron chi connectivity index (χ4n) is 7.52. The molecular formula is C51H33N3. The van der Waals surface area contributed by atoms with Gasteiger partial charge < -0.3 is 0 Å². The molecule has 2 aromatic heterocycles. The van der Waals surface area contributed by atoms with E-state index < -0.39 is 0 Å². The number of hydrogen-bond donors (Lipinski definition) is 0. The molecule has 0 spiro atoms. The van der Waals surface area contributed by atoms with Crippen LogP contribution in [0.5, 0.6) is 0 Å². The van der Waals surface area contributed by atoms with Crippen molar-refractivity contribution in [3.63, 3.8) is 0 Å². The van der Waals surface area contributed by atoms with Gasteiger partial charge in [-0.15, -0.1) is 0 Å². The molecule has 0 aliphatic heterocycles. The highest BCUT2D eigenvalue weighted by molar-refractivity contribution is 6.22. The van der Waals surface area contributed by atoms with Gasteiger partial charge in [0.05, 0.1) is 22.6 Å². The molecule has 0 atom stereocenters. The van der Waals surface area contributed by atoms with E-state index in [2.05, 4.69) is 176 Å². The molecule has 0 bridgehead atoms. The lowest BCUT2D eigenvalue weighted by atomic mass is 9.94. The Balaban J connectivity index is 0.991. The van der Waals surface area contributed by atoms with Gasteiger partial charge in [0.2, 0.25) is 0 Å². The van der Waals surface area contributed by atoms with Crippen molar-refractivity contribution >= 4 is 32.4 Å². The minimum Gasteiger partial charge on any atom is -0.247 e. The highest BCUT2D eigenvalue weighted by atomic mass is 14.9. The lowest BCUT2D eigenvalue weighted by Gasteiger charge is -2.13. The smallest absolute Gasteiger partial charge is 0.160 e. The number of para-hydroxylation sites is 1. The Kier molecular flexibility index (Phi) is 7.81. The fraction of sp³-hybridized carbons (Fsp3) is 0. The quantitative estimate of drug-likeness (QED) is 0.163. The third kappa shape index (κ3) is 5.78. The third-order valence-electron chi connectivity index (χ3n) is 10.3. The molecule has 0 aliphatic carbocycles. The molecule has 10 rings (SSSR count). The first-order valence-corrected chi connectivity index (χ1v) is 18.3. The summed E-state index contributed by atoms with van der Waals surface area (Å²) in [6.07, 6.45) is 0. The van der Waals surface area contributed by atoms with E-state index in [-0.39, 0.29) is 0 Å². The van der Waals surface area contributed by atoms with Gasteiger partial charge in [-0.2, -0.15) is 0 Å². The summed E-state index contributed by atoms with van der Waals surface area (Å²) in [7, 11) is 0. The summed E-state index contributed by atoms with van der Waals surface area (Å²) in [5.74, 6) is 0.702. The molecular weight excluding hydrogens is 655 g/mol. The Morgan fingerprint density at radius 2 is 0.741 bits per heavy atom. The highest BCUT2D eigenvalue weighted by Gasteiger charge is 2.14. The van der Waals surface area contributed by atoms with Gasteiger partial charge in [-0.05, 0) is 45.2 Å². The maximum absolute atomic E-state index is 5.19. The van der Waals surface area contributed by atoms with Gasteiger partial charge >= 0.3 is 0 Å². The molecule has 3 nitrogen and oxygen atoms in total. The largest absolute Gasteiger partial charge is 0.247 e. The molecule has 0 unspecified atom stereocenters. The maximum Gasteiger partial charge on any atom is 0.160 e. The van der Waals surface area contributed by atoms with Crippen LogP contribution in [0.25, 0.3) is 99.9 Å². The van der Waals surface area contributed by atoms with E-state index >= 15 is 0 Å². The Hall–Kier alpha value is -7.23. The SMILES string of the molecule is c1ccc(-c2ccc(-c3nc(-c4ccccc4)cc(-c4ccc(-c5ccc(-c6nc7ccccc7c7c6ccc6ccccc67)cc5)cc4)n3)cc2)cc1. The number of rotatable bonds is 6. The summed E-state index contributed by atoms with van der Waals surface area (Å²) in [5, 5.41) is 6.08. The summed E-state index contributed by atoms with van der Waals surface area (Å²) in [6.45, 7) is 0. The lowest BCUT2D eigenvalue weighted by Crippen LogP contribution is -1.96. The monoisotopic (exact) mass is 687 g/mol. The first kappa shape index (κ1) is 31.5. The maximum atomic E-state index is 5.19. The fourth-order valence-corrected chi connectivity index (χ4v) is 7.52. The minimum absolute atomic E-state index is 0.702. The molecule has 8 aromatic carbocycles. The Labute approximate surface area is 313 Å². The van der Waals surface area contributed by atoms with Crippen LogP contribution in [-0.2, 0) is 0 Å². The zero-order valence-electron chi connectivity index (χ0n) is 29.4. The molecule has 252 valence electrons. The van der Waals surface area contributed by atoms with Crippen molar-refractivity contribution in [3.05, 3.63) is 200 Å². The number of nitrogens with zero attached hydrogens (tertiary/aromatic N) is 3. The minimum atomic E-state index is 0.702. The molecule has 0 N–H and O–H groups in total. The standard InChI is InChI=1S/C51H33N3/c1-3-11-34(12-4-1)35-23-29-42(30-24-35)51-53-47(39-14-5-2-6-15-39)33-48(54-51)40-25-19-36(20-26-40)37-21-27-41(28-22-37)50-45-32-31-38-13-7-8-16-43(38)49(45)44-17-9-10-18-46(44)52-50/h1-33H. The summed E-state index contributed by atoms with van der Waals surface area (Å²) >= 11 is 0. The number of fused-ring (bicyclic) bond motifs is 5. The summed E-state index contributed by atoms with van der Waals surface area (Å²) in [5.41, 5.74) is 12.6. The van der Waals surface area contributed by atoms with Crippen LogP contribution < -0.4 is 0 Å². The van der Waals surface area contributed by atoms with Crippen molar-refractivity contribution in [2.75, 3.05) is 0 Å². The third-order valence-corrected chi connectivity index (χ3v) is 10.3. The van der Waals surface area contributed by atoms with Crippen LogP contribution in [0.3, 0.4) is 0 Å². The molecule has 0 amide bonds. The molecule has 3 heteroatoms. The molecule has 0 aliphatic rings. The average Bonchev–Trinajstić information content (AvgIpc) is 3.26. The summed E-state index contributed by atoms with van der Waals surface area (Å²) < 4.78 is 0. The van der Waals surface area contributed by atoms with Crippen molar-refractivity contribution < 1.29 is 0 Å². The van der Waals surface area contributed by atoms with Gasteiger partial charge in [0.25, 0.3) is 0 Å². The number of benzene rings is 8. The second-order valence-corrected chi connectivity index (χ2v) is 13.6. The Bertz CT molecular complexity index is 2920. The molecule has 0 saturated carbocycles. The Morgan fingerprint density at radius 3 is 1.39 bits per heavy atom. The van der Waals surface area contributed by atoms with Crippen LogP contribution in [0.15, 0.2) is 200 Å².